The van der Waals surface area contributed by atoms with Gasteiger partial charge in [-0.3, -0.25) is 4.79 Å². The summed E-state index contributed by atoms with van der Waals surface area (Å²) in [4.78, 5) is 10.1. The molecule has 0 heterocycles. The minimum atomic E-state index is -0.953. The van der Waals surface area contributed by atoms with Gasteiger partial charge in [-0.2, -0.15) is 0 Å². The molecule has 0 saturated carbocycles. The molecule has 0 unspecified atom stereocenters. The molecule has 0 aliphatic rings. The molecule has 0 rings (SSSR count). The number of hydrogen-bond acceptors (Lipinski definition) is 3. The second kappa shape index (κ2) is 8.42. The van der Waals surface area contributed by atoms with E-state index in [-0.39, 0.29) is 13.0 Å². The first-order chi connectivity index (χ1) is 7.87. The van der Waals surface area contributed by atoms with Crippen LogP contribution in [0.2, 0.25) is 0 Å². The summed E-state index contributed by atoms with van der Waals surface area (Å²) in [5.41, 5.74) is 0. The average molecular weight is 266 g/mol. The van der Waals surface area contributed by atoms with E-state index in [0.29, 0.717) is 11.0 Å². The summed E-state index contributed by atoms with van der Waals surface area (Å²) in [6.45, 7) is 1.58. The van der Waals surface area contributed by atoms with Crippen molar-refractivity contribution in [1.82, 2.24) is 0 Å². The molecular weight excluding hydrogens is 236 g/mol. The molecule has 1 atom stereocenters. The SMILES string of the molecule is C[N+](C)(C)CCO.C[N+](C)(C)C[C@H](O)CC(=O)O. The summed E-state index contributed by atoms with van der Waals surface area (Å²) in [6, 6.07) is 0. The van der Waals surface area contributed by atoms with Gasteiger partial charge in [0.25, 0.3) is 0 Å². The number of aliphatic hydroxyl groups excluding tert-OH is 2. The Balaban J connectivity index is 0. The number of hydrogen-bond donors (Lipinski definition) is 3. The van der Waals surface area contributed by atoms with Crippen LogP contribution in [-0.2, 0) is 4.79 Å². The predicted octanol–water partition coefficient (Wildman–Crippen LogP) is -0.787. The highest BCUT2D eigenvalue weighted by Gasteiger charge is 2.17. The van der Waals surface area contributed by atoms with E-state index in [1.165, 1.54) is 0 Å². The van der Waals surface area contributed by atoms with Crippen molar-refractivity contribution in [3.05, 3.63) is 0 Å². The normalized spacial score (nSPS) is 13.6. The summed E-state index contributed by atoms with van der Waals surface area (Å²) in [6.07, 6.45) is -0.914. The number of aliphatic carboxylic acids is 1. The van der Waals surface area contributed by atoms with Crippen molar-refractivity contribution in [2.24, 2.45) is 0 Å². The van der Waals surface area contributed by atoms with Gasteiger partial charge in [0.2, 0.25) is 0 Å². The quantitative estimate of drug-likeness (QED) is 0.551. The lowest BCUT2D eigenvalue weighted by Crippen LogP contribution is -2.42. The monoisotopic (exact) mass is 266 g/mol. The Morgan fingerprint density at radius 1 is 1.06 bits per heavy atom. The molecule has 0 bridgehead atoms. The number of aliphatic hydroxyl groups is 2. The molecule has 0 amide bonds. The molecule has 6 nitrogen and oxygen atoms in total. The van der Waals surface area contributed by atoms with Crippen LogP contribution in [0, 0.1) is 0 Å². The van der Waals surface area contributed by atoms with Crippen molar-refractivity contribution < 1.29 is 29.1 Å². The minimum Gasteiger partial charge on any atom is -0.481 e. The van der Waals surface area contributed by atoms with Gasteiger partial charge >= 0.3 is 5.97 Å². The summed E-state index contributed by atoms with van der Waals surface area (Å²) in [5, 5.41) is 25.9. The van der Waals surface area contributed by atoms with Crippen LogP contribution in [0.1, 0.15) is 6.42 Å². The third-order valence-corrected chi connectivity index (χ3v) is 1.94. The number of rotatable bonds is 6. The van der Waals surface area contributed by atoms with Gasteiger partial charge in [-0.15, -0.1) is 0 Å². The molecule has 0 aromatic carbocycles. The molecule has 0 aromatic rings. The second-order valence-electron chi connectivity index (χ2n) is 6.46. The van der Waals surface area contributed by atoms with Crippen molar-refractivity contribution in [3.8, 4) is 0 Å². The zero-order valence-corrected chi connectivity index (χ0v) is 12.6. The van der Waals surface area contributed by atoms with Crippen LogP contribution in [0.3, 0.4) is 0 Å². The van der Waals surface area contributed by atoms with Gasteiger partial charge in [0.1, 0.15) is 19.2 Å². The third kappa shape index (κ3) is 20.7. The molecule has 0 radical (unpaired) electrons. The van der Waals surface area contributed by atoms with E-state index in [9.17, 15) is 4.79 Å². The largest absolute Gasteiger partial charge is 0.481 e. The standard InChI is InChI=1S/C7H15NO3.C5H14NO/c1-8(2,3)5-6(9)4-7(10)11;1-6(2,3)4-5-7/h6,9H,4-5H2,1-3H3;7H,4-5H2,1-3H3/q;+1/p+1/t6-;/m1./s1. The van der Waals surface area contributed by atoms with Gasteiger partial charge in [-0.05, 0) is 0 Å². The smallest absolute Gasteiger partial charge is 0.306 e. The van der Waals surface area contributed by atoms with Gasteiger partial charge < -0.3 is 24.3 Å². The number of likely N-dealkylation sites (N-methyl/N-ethyl adjacent to an activating group) is 2. The van der Waals surface area contributed by atoms with Gasteiger partial charge in [0.15, 0.2) is 0 Å². The first kappa shape index (κ1) is 19.6. The predicted molar refractivity (Wildman–Crippen MR) is 71.1 cm³/mol. The van der Waals surface area contributed by atoms with E-state index < -0.39 is 12.1 Å². The van der Waals surface area contributed by atoms with E-state index in [4.69, 9.17) is 15.3 Å². The van der Waals surface area contributed by atoms with Gasteiger partial charge in [0, 0.05) is 0 Å². The van der Waals surface area contributed by atoms with E-state index >= 15 is 0 Å². The summed E-state index contributed by atoms with van der Waals surface area (Å²) >= 11 is 0. The van der Waals surface area contributed by atoms with Crippen LogP contribution in [0.5, 0.6) is 0 Å². The molecule has 0 spiro atoms. The van der Waals surface area contributed by atoms with Crippen LogP contribution in [0.15, 0.2) is 0 Å². The maximum atomic E-state index is 10.1. The Bertz CT molecular complexity index is 231. The molecule has 110 valence electrons. The second-order valence-corrected chi connectivity index (χ2v) is 6.46. The molecule has 0 saturated heterocycles. The van der Waals surface area contributed by atoms with E-state index in [1.54, 1.807) is 0 Å². The fourth-order valence-electron chi connectivity index (χ4n) is 1.20. The average Bonchev–Trinajstić information content (AvgIpc) is 1.95. The van der Waals surface area contributed by atoms with E-state index in [0.717, 1.165) is 11.0 Å². The fourth-order valence-corrected chi connectivity index (χ4v) is 1.20. The fraction of sp³-hybridized carbons (Fsp3) is 0.917. The van der Waals surface area contributed by atoms with Crippen molar-refractivity contribution in [2.75, 3.05) is 62.0 Å². The van der Waals surface area contributed by atoms with Crippen molar-refractivity contribution in [1.29, 1.82) is 0 Å². The van der Waals surface area contributed by atoms with E-state index in [2.05, 4.69) is 21.1 Å². The Morgan fingerprint density at radius 2 is 1.50 bits per heavy atom. The van der Waals surface area contributed by atoms with Crippen LogP contribution in [-0.4, -0.2) is 98.3 Å². The summed E-state index contributed by atoms with van der Waals surface area (Å²) in [5.74, 6) is -0.953. The Morgan fingerprint density at radius 3 is 1.67 bits per heavy atom. The highest BCUT2D eigenvalue weighted by Crippen LogP contribution is 1.98. The Labute approximate surface area is 110 Å². The number of quaternary nitrogens is 2. The molecule has 6 heteroatoms. The summed E-state index contributed by atoms with van der Waals surface area (Å²) in [7, 11) is 11.9. The molecule has 3 N–H and O–H groups in total. The van der Waals surface area contributed by atoms with Gasteiger partial charge in [-0.25, -0.2) is 0 Å². The first-order valence-corrected chi connectivity index (χ1v) is 5.99. The molecule has 18 heavy (non-hydrogen) atoms. The van der Waals surface area contributed by atoms with E-state index in [1.807, 2.05) is 21.1 Å². The lowest BCUT2D eigenvalue weighted by Gasteiger charge is -2.25. The van der Waals surface area contributed by atoms with Crippen LogP contribution in [0.25, 0.3) is 0 Å². The number of carboxylic acid groups (broad SMARTS) is 1. The van der Waals surface area contributed by atoms with Crippen molar-refractivity contribution >= 4 is 5.97 Å². The van der Waals surface area contributed by atoms with Gasteiger partial charge in [0.05, 0.1) is 55.3 Å². The Kier molecular flexibility index (Phi) is 9.19. The highest BCUT2D eigenvalue weighted by molar-refractivity contribution is 5.67. The summed E-state index contributed by atoms with van der Waals surface area (Å²) < 4.78 is 1.42. The van der Waals surface area contributed by atoms with Crippen molar-refractivity contribution in [2.45, 2.75) is 12.5 Å². The van der Waals surface area contributed by atoms with Crippen LogP contribution in [0.4, 0.5) is 0 Å². The number of carboxylic acids is 1. The minimum absolute atomic E-state index is 0.171. The number of nitrogens with zero attached hydrogens (tertiary/aromatic N) is 2. The molecule has 0 aliphatic heterocycles. The molecule has 0 fully saturated rings. The first-order valence-electron chi connectivity index (χ1n) is 5.99. The topological polar surface area (TPSA) is 77.8 Å². The maximum Gasteiger partial charge on any atom is 0.306 e. The number of carbonyl (C=O) groups is 1. The zero-order chi connectivity index (χ0) is 15.0. The highest BCUT2D eigenvalue weighted by atomic mass is 16.4. The third-order valence-electron chi connectivity index (χ3n) is 1.94. The molecular formula is C12H30N2O4+2. The maximum absolute atomic E-state index is 10.1. The zero-order valence-electron chi connectivity index (χ0n) is 12.6. The lowest BCUT2D eigenvalue weighted by molar-refractivity contribution is -0.873. The Hall–Kier alpha value is -0.690. The molecule has 0 aliphatic carbocycles. The molecule has 0 aromatic heterocycles. The van der Waals surface area contributed by atoms with Crippen LogP contribution < -0.4 is 0 Å². The van der Waals surface area contributed by atoms with Crippen molar-refractivity contribution in [3.63, 3.8) is 0 Å². The lowest BCUT2D eigenvalue weighted by atomic mass is 10.2. The van der Waals surface area contributed by atoms with Crippen LogP contribution >= 0.6 is 0 Å². The van der Waals surface area contributed by atoms with Gasteiger partial charge in [-0.1, -0.05) is 0 Å².